The van der Waals surface area contributed by atoms with E-state index in [-0.39, 0.29) is 12.3 Å². The lowest BCUT2D eigenvalue weighted by Gasteiger charge is -2.26. The van der Waals surface area contributed by atoms with Gasteiger partial charge in [0.25, 0.3) is 0 Å². The number of alkyl carbamates (subject to hydrolysis) is 1. The zero-order chi connectivity index (χ0) is 25.3. The minimum Gasteiger partial charge on any atom is -0.444 e. The quantitative estimate of drug-likeness (QED) is 0.318. The highest BCUT2D eigenvalue weighted by molar-refractivity contribution is 14.1. The monoisotopic (exact) mass is 574 g/mol. The van der Waals surface area contributed by atoms with Crippen LogP contribution >= 0.6 is 22.6 Å². The highest BCUT2D eigenvalue weighted by Gasteiger charge is 2.29. The molecular formula is C23H35IN4O5. The molecule has 1 aromatic rings. The fraction of sp³-hybridized carbons (Fsp3) is 0.565. The Morgan fingerprint density at radius 1 is 1.00 bits per heavy atom. The lowest BCUT2D eigenvalue weighted by molar-refractivity contribution is -0.132. The fourth-order valence-electron chi connectivity index (χ4n) is 2.90. The number of halogens is 1. The fourth-order valence-corrected chi connectivity index (χ4v) is 3.26. The highest BCUT2D eigenvalue weighted by Crippen LogP contribution is 2.12. The third-order valence-corrected chi connectivity index (χ3v) is 5.65. The molecule has 1 aromatic carbocycles. The van der Waals surface area contributed by atoms with Crippen molar-refractivity contribution in [2.75, 3.05) is 0 Å². The standard InChI is InChI=1S/C23H35IN4O5/c1-7-13(2)18(19(25)29)28-20(30)14(3)26-21(31)17(27-22(32)33-23(4,5)6)12-15-8-10-16(24)11-9-15/h8-11,13-14,17-18H,7,12H2,1-6H3,(H2,25,29)(H,26,31)(H,27,32)(H,28,30)/t13-,14-,17-,18-/m0/s1. The molecular weight excluding hydrogens is 539 g/mol. The van der Waals surface area contributed by atoms with Gasteiger partial charge >= 0.3 is 6.09 Å². The molecule has 5 N–H and O–H groups in total. The molecule has 0 saturated carbocycles. The predicted molar refractivity (Wildman–Crippen MR) is 134 cm³/mol. The third-order valence-electron chi connectivity index (χ3n) is 4.93. The van der Waals surface area contributed by atoms with E-state index >= 15 is 0 Å². The Morgan fingerprint density at radius 2 is 1.58 bits per heavy atom. The Morgan fingerprint density at radius 3 is 2.06 bits per heavy atom. The van der Waals surface area contributed by atoms with Crippen LogP contribution in [0.3, 0.4) is 0 Å². The minimum atomic E-state index is -0.975. The van der Waals surface area contributed by atoms with Crippen molar-refractivity contribution in [2.24, 2.45) is 11.7 Å². The molecule has 33 heavy (non-hydrogen) atoms. The summed E-state index contributed by atoms with van der Waals surface area (Å²) < 4.78 is 6.32. The number of carbonyl (C=O) groups is 4. The van der Waals surface area contributed by atoms with Gasteiger partial charge in [0, 0.05) is 9.99 Å². The molecule has 184 valence electrons. The Hall–Kier alpha value is -2.37. The molecule has 0 aliphatic heterocycles. The number of nitrogens with two attached hydrogens (primary N) is 1. The zero-order valence-corrected chi connectivity index (χ0v) is 22.2. The van der Waals surface area contributed by atoms with E-state index in [2.05, 4.69) is 38.5 Å². The van der Waals surface area contributed by atoms with Crippen LogP contribution in [0, 0.1) is 9.49 Å². The molecule has 0 radical (unpaired) electrons. The van der Waals surface area contributed by atoms with Crippen molar-refractivity contribution in [3.8, 4) is 0 Å². The van der Waals surface area contributed by atoms with Gasteiger partial charge in [-0.15, -0.1) is 0 Å². The molecule has 0 aromatic heterocycles. The SMILES string of the molecule is CC[C@H](C)[C@H](NC(=O)[C@H](C)NC(=O)[C@H](Cc1ccc(I)cc1)NC(=O)OC(C)(C)C)C(N)=O. The number of benzene rings is 1. The van der Waals surface area contributed by atoms with Crippen LogP contribution in [0.4, 0.5) is 4.79 Å². The van der Waals surface area contributed by atoms with Crippen molar-refractivity contribution >= 4 is 46.4 Å². The van der Waals surface area contributed by atoms with Gasteiger partial charge in [-0.1, -0.05) is 32.4 Å². The lowest BCUT2D eigenvalue weighted by atomic mass is 9.98. The maximum Gasteiger partial charge on any atom is 0.408 e. The molecule has 0 heterocycles. The number of hydrogen-bond donors (Lipinski definition) is 4. The Labute approximate surface area is 209 Å². The molecule has 9 nitrogen and oxygen atoms in total. The smallest absolute Gasteiger partial charge is 0.408 e. The molecule has 0 bridgehead atoms. The van der Waals surface area contributed by atoms with Crippen LogP contribution in [0.1, 0.15) is 53.5 Å². The van der Waals surface area contributed by atoms with E-state index < -0.39 is 47.5 Å². The number of rotatable bonds is 10. The maximum atomic E-state index is 13.0. The number of amides is 4. The molecule has 4 amide bonds. The van der Waals surface area contributed by atoms with Crippen LogP contribution in [0.5, 0.6) is 0 Å². The van der Waals surface area contributed by atoms with E-state index in [4.69, 9.17) is 10.5 Å². The largest absolute Gasteiger partial charge is 0.444 e. The molecule has 0 aliphatic rings. The first kappa shape index (κ1) is 28.7. The van der Waals surface area contributed by atoms with Gasteiger partial charge in [0.2, 0.25) is 17.7 Å². The van der Waals surface area contributed by atoms with Crippen LogP contribution in [0.2, 0.25) is 0 Å². The number of carbonyl (C=O) groups excluding carboxylic acids is 4. The van der Waals surface area contributed by atoms with Gasteiger partial charge in [-0.25, -0.2) is 4.79 Å². The average molecular weight is 574 g/mol. The lowest BCUT2D eigenvalue weighted by Crippen LogP contribution is -2.57. The van der Waals surface area contributed by atoms with Crippen LogP contribution in [0.25, 0.3) is 0 Å². The van der Waals surface area contributed by atoms with Crippen molar-refractivity contribution in [3.05, 3.63) is 33.4 Å². The summed E-state index contributed by atoms with van der Waals surface area (Å²) in [6, 6.07) is 4.74. The number of ether oxygens (including phenoxy) is 1. The summed E-state index contributed by atoms with van der Waals surface area (Å²) in [4.78, 5) is 49.6. The molecule has 0 spiro atoms. The summed E-state index contributed by atoms with van der Waals surface area (Å²) in [6.07, 6.45) is 0.107. The van der Waals surface area contributed by atoms with Crippen molar-refractivity contribution in [1.82, 2.24) is 16.0 Å². The van der Waals surface area contributed by atoms with Crippen LogP contribution in [-0.4, -0.2) is 47.5 Å². The Kier molecular flexibility index (Phi) is 11.1. The topological polar surface area (TPSA) is 140 Å². The van der Waals surface area contributed by atoms with Crippen molar-refractivity contribution in [3.63, 3.8) is 0 Å². The molecule has 4 atom stereocenters. The van der Waals surface area contributed by atoms with Crippen LogP contribution < -0.4 is 21.7 Å². The average Bonchev–Trinajstić information content (AvgIpc) is 2.70. The first-order chi connectivity index (χ1) is 15.2. The van der Waals surface area contributed by atoms with Gasteiger partial charge in [0.05, 0.1) is 0 Å². The minimum absolute atomic E-state index is 0.156. The molecule has 0 saturated heterocycles. The van der Waals surface area contributed by atoms with Gasteiger partial charge in [-0.05, 0) is 73.9 Å². The molecule has 0 fully saturated rings. The zero-order valence-electron chi connectivity index (χ0n) is 20.0. The summed E-state index contributed by atoms with van der Waals surface area (Å²) >= 11 is 2.18. The summed E-state index contributed by atoms with van der Waals surface area (Å²) in [7, 11) is 0. The van der Waals surface area contributed by atoms with Crippen molar-refractivity contribution in [1.29, 1.82) is 0 Å². The van der Waals surface area contributed by atoms with E-state index in [0.29, 0.717) is 6.42 Å². The number of hydrogen-bond acceptors (Lipinski definition) is 5. The Bertz CT molecular complexity index is 838. The second-order valence-electron chi connectivity index (χ2n) is 9.03. The van der Waals surface area contributed by atoms with Gasteiger partial charge in [-0.2, -0.15) is 0 Å². The molecule has 10 heteroatoms. The van der Waals surface area contributed by atoms with Gasteiger partial charge in [0.1, 0.15) is 23.7 Å². The summed E-state index contributed by atoms with van der Waals surface area (Å²) in [5.41, 5.74) is 5.50. The van der Waals surface area contributed by atoms with Gasteiger partial charge in [-0.3, -0.25) is 14.4 Å². The van der Waals surface area contributed by atoms with Crippen molar-refractivity contribution < 1.29 is 23.9 Å². The molecule has 0 unspecified atom stereocenters. The van der Waals surface area contributed by atoms with Gasteiger partial charge in [0.15, 0.2) is 0 Å². The van der Waals surface area contributed by atoms with E-state index in [1.54, 1.807) is 27.7 Å². The van der Waals surface area contributed by atoms with E-state index in [1.807, 2.05) is 31.2 Å². The summed E-state index contributed by atoms with van der Waals surface area (Å²) in [6.45, 7) is 10.4. The highest BCUT2D eigenvalue weighted by atomic mass is 127. The third kappa shape index (κ3) is 10.4. The number of primary amides is 1. The van der Waals surface area contributed by atoms with Crippen LogP contribution in [0.15, 0.2) is 24.3 Å². The second kappa shape index (κ2) is 12.8. The van der Waals surface area contributed by atoms with Crippen molar-refractivity contribution in [2.45, 2.75) is 78.1 Å². The Balaban J connectivity index is 2.93. The van der Waals surface area contributed by atoms with E-state index in [0.717, 1.165) is 9.13 Å². The summed E-state index contributed by atoms with van der Waals surface area (Å²) in [5.74, 6) is -1.89. The molecule has 1 rings (SSSR count). The van der Waals surface area contributed by atoms with E-state index in [9.17, 15) is 19.2 Å². The van der Waals surface area contributed by atoms with Crippen LogP contribution in [-0.2, 0) is 25.5 Å². The first-order valence-electron chi connectivity index (χ1n) is 10.9. The number of nitrogens with one attached hydrogen (secondary N) is 3. The normalized spacial score (nSPS) is 14.9. The molecule has 0 aliphatic carbocycles. The van der Waals surface area contributed by atoms with Gasteiger partial charge < -0.3 is 26.4 Å². The first-order valence-corrected chi connectivity index (χ1v) is 11.9. The predicted octanol–water partition coefficient (Wildman–Crippen LogP) is 2.25. The summed E-state index contributed by atoms with van der Waals surface area (Å²) in [5, 5.41) is 7.79. The maximum absolute atomic E-state index is 13.0. The van der Waals surface area contributed by atoms with E-state index in [1.165, 1.54) is 6.92 Å². The second-order valence-corrected chi connectivity index (χ2v) is 10.3.